The lowest BCUT2D eigenvalue weighted by atomic mass is 9.93. The van der Waals surface area contributed by atoms with E-state index in [2.05, 4.69) is 9.80 Å². The van der Waals surface area contributed by atoms with Crippen molar-refractivity contribution in [1.82, 2.24) is 9.80 Å². The third-order valence-corrected chi connectivity index (χ3v) is 4.34. The highest BCUT2D eigenvalue weighted by Crippen LogP contribution is 2.18. The molecule has 0 N–H and O–H groups in total. The molecule has 0 bridgehead atoms. The molecule has 17 heavy (non-hydrogen) atoms. The molecular formula is C14H26N2O. The SMILES string of the molecule is CC(=O)C1CCN(CCN2CCCCC2)CC1. The van der Waals surface area contributed by atoms with E-state index in [9.17, 15) is 4.79 Å². The molecule has 0 aromatic carbocycles. The number of carbonyl (C=O) groups is 1. The van der Waals surface area contributed by atoms with Crippen molar-refractivity contribution >= 4 is 5.78 Å². The van der Waals surface area contributed by atoms with Crippen molar-refractivity contribution in [2.24, 2.45) is 5.92 Å². The fourth-order valence-corrected chi connectivity index (χ4v) is 3.03. The van der Waals surface area contributed by atoms with Crippen LogP contribution < -0.4 is 0 Å². The zero-order valence-corrected chi connectivity index (χ0v) is 11.2. The predicted octanol–water partition coefficient (Wildman–Crippen LogP) is 1.77. The molecule has 3 nitrogen and oxygen atoms in total. The summed E-state index contributed by atoms with van der Waals surface area (Å²) in [5, 5.41) is 0. The molecule has 2 aliphatic heterocycles. The number of ketones is 1. The van der Waals surface area contributed by atoms with Gasteiger partial charge in [-0.25, -0.2) is 0 Å². The van der Waals surface area contributed by atoms with Gasteiger partial charge >= 0.3 is 0 Å². The molecule has 0 aliphatic carbocycles. The number of likely N-dealkylation sites (tertiary alicyclic amines) is 2. The quantitative estimate of drug-likeness (QED) is 0.746. The van der Waals surface area contributed by atoms with Crippen LogP contribution in [0.5, 0.6) is 0 Å². The van der Waals surface area contributed by atoms with Gasteiger partial charge in [-0.15, -0.1) is 0 Å². The first-order valence-corrected chi connectivity index (χ1v) is 7.21. The van der Waals surface area contributed by atoms with Crippen molar-refractivity contribution in [1.29, 1.82) is 0 Å². The molecule has 3 heteroatoms. The minimum absolute atomic E-state index is 0.348. The summed E-state index contributed by atoms with van der Waals surface area (Å²) < 4.78 is 0. The third-order valence-electron chi connectivity index (χ3n) is 4.34. The van der Waals surface area contributed by atoms with Crippen LogP contribution in [0.15, 0.2) is 0 Å². The summed E-state index contributed by atoms with van der Waals surface area (Å²) in [7, 11) is 0. The molecule has 0 aromatic heterocycles. The molecule has 0 spiro atoms. The molecule has 2 saturated heterocycles. The zero-order valence-electron chi connectivity index (χ0n) is 11.2. The highest BCUT2D eigenvalue weighted by atomic mass is 16.1. The average Bonchev–Trinajstić information content (AvgIpc) is 2.38. The maximum absolute atomic E-state index is 11.3. The van der Waals surface area contributed by atoms with Gasteiger partial charge < -0.3 is 9.80 Å². The topological polar surface area (TPSA) is 23.6 Å². The largest absolute Gasteiger partial charge is 0.302 e. The van der Waals surface area contributed by atoms with Gasteiger partial charge in [-0.05, 0) is 58.8 Å². The van der Waals surface area contributed by atoms with Crippen LogP contribution in [0.25, 0.3) is 0 Å². The lowest BCUT2D eigenvalue weighted by Gasteiger charge is -2.33. The summed E-state index contributed by atoms with van der Waals surface area (Å²) in [6.45, 7) is 9.01. The van der Waals surface area contributed by atoms with Crippen molar-refractivity contribution in [3.8, 4) is 0 Å². The van der Waals surface area contributed by atoms with Crippen LogP contribution in [0.4, 0.5) is 0 Å². The van der Waals surface area contributed by atoms with E-state index < -0.39 is 0 Å². The molecule has 0 amide bonds. The summed E-state index contributed by atoms with van der Waals surface area (Å²) in [6.07, 6.45) is 6.34. The normalized spacial score (nSPS) is 25.0. The van der Waals surface area contributed by atoms with Gasteiger partial charge in [0.25, 0.3) is 0 Å². The Balaban J connectivity index is 1.62. The van der Waals surface area contributed by atoms with Crippen LogP contribution in [0.3, 0.4) is 0 Å². The van der Waals surface area contributed by atoms with Gasteiger partial charge in [0.15, 0.2) is 0 Å². The molecule has 2 fully saturated rings. The van der Waals surface area contributed by atoms with Crippen molar-refractivity contribution in [2.75, 3.05) is 39.3 Å². The minimum atomic E-state index is 0.348. The number of piperidine rings is 2. The second-order valence-electron chi connectivity index (χ2n) is 5.63. The smallest absolute Gasteiger partial charge is 0.133 e. The summed E-state index contributed by atoms with van der Waals surface area (Å²) in [4.78, 5) is 16.4. The summed E-state index contributed by atoms with van der Waals surface area (Å²) in [6, 6.07) is 0. The summed E-state index contributed by atoms with van der Waals surface area (Å²) >= 11 is 0. The van der Waals surface area contributed by atoms with Gasteiger partial charge in [0.05, 0.1) is 0 Å². The van der Waals surface area contributed by atoms with E-state index in [0.29, 0.717) is 11.7 Å². The first-order chi connectivity index (χ1) is 8.25. The van der Waals surface area contributed by atoms with Gasteiger partial charge in [0.2, 0.25) is 0 Å². The second-order valence-corrected chi connectivity index (χ2v) is 5.63. The highest BCUT2D eigenvalue weighted by Gasteiger charge is 2.22. The minimum Gasteiger partial charge on any atom is -0.302 e. The maximum atomic E-state index is 11.3. The van der Waals surface area contributed by atoms with Crippen LogP contribution in [0.2, 0.25) is 0 Å². The summed E-state index contributed by atoms with van der Waals surface area (Å²) in [5.41, 5.74) is 0. The van der Waals surface area contributed by atoms with Crippen LogP contribution >= 0.6 is 0 Å². The van der Waals surface area contributed by atoms with Gasteiger partial charge in [0, 0.05) is 19.0 Å². The summed E-state index contributed by atoms with van der Waals surface area (Å²) in [5.74, 6) is 0.738. The van der Waals surface area contributed by atoms with Crippen LogP contribution in [0.1, 0.15) is 39.0 Å². The molecular weight excluding hydrogens is 212 g/mol. The number of hydrogen-bond donors (Lipinski definition) is 0. The van der Waals surface area contributed by atoms with Crippen molar-refractivity contribution < 1.29 is 4.79 Å². The van der Waals surface area contributed by atoms with Crippen molar-refractivity contribution in [3.05, 3.63) is 0 Å². The van der Waals surface area contributed by atoms with Crippen molar-refractivity contribution in [3.63, 3.8) is 0 Å². The number of Topliss-reactive ketones (excluding diaryl/α,β-unsaturated/α-hetero) is 1. The van der Waals surface area contributed by atoms with E-state index in [1.807, 2.05) is 0 Å². The lowest BCUT2D eigenvalue weighted by molar-refractivity contribution is -0.122. The molecule has 0 saturated carbocycles. The number of hydrogen-bond acceptors (Lipinski definition) is 3. The number of rotatable bonds is 4. The lowest BCUT2D eigenvalue weighted by Crippen LogP contribution is -2.42. The first-order valence-electron chi connectivity index (χ1n) is 7.21. The fraction of sp³-hybridized carbons (Fsp3) is 0.929. The van der Waals surface area contributed by atoms with Gasteiger partial charge in [-0.1, -0.05) is 6.42 Å². The fourth-order valence-electron chi connectivity index (χ4n) is 3.03. The Bertz CT molecular complexity index is 241. The second kappa shape index (κ2) is 6.50. The monoisotopic (exact) mass is 238 g/mol. The zero-order chi connectivity index (χ0) is 12.1. The molecule has 2 heterocycles. The van der Waals surface area contributed by atoms with Crippen LogP contribution in [-0.4, -0.2) is 54.9 Å². The standard InChI is InChI=1S/C14H26N2O/c1-13(17)14-5-9-16(10-6-14)12-11-15-7-3-2-4-8-15/h14H,2-12H2,1H3. The van der Waals surface area contributed by atoms with E-state index in [4.69, 9.17) is 0 Å². The van der Waals surface area contributed by atoms with E-state index in [1.165, 1.54) is 45.4 Å². The maximum Gasteiger partial charge on any atom is 0.133 e. The van der Waals surface area contributed by atoms with E-state index in [0.717, 1.165) is 25.9 Å². The molecule has 98 valence electrons. The molecule has 0 unspecified atom stereocenters. The Kier molecular flexibility index (Phi) is 4.99. The Labute approximate surface area is 105 Å². The molecule has 2 rings (SSSR count). The molecule has 0 atom stereocenters. The average molecular weight is 238 g/mol. The number of nitrogens with zero attached hydrogens (tertiary/aromatic N) is 2. The Morgan fingerprint density at radius 2 is 1.47 bits per heavy atom. The molecule has 0 aromatic rings. The Morgan fingerprint density at radius 3 is 2.00 bits per heavy atom. The van der Waals surface area contributed by atoms with E-state index in [1.54, 1.807) is 6.92 Å². The van der Waals surface area contributed by atoms with Gasteiger partial charge in [-0.3, -0.25) is 4.79 Å². The van der Waals surface area contributed by atoms with Gasteiger partial charge in [-0.2, -0.15) is 0 Å². The molecule has 2 aliphatic rings. The molecule has 0 radical (unpaired) electrons. The highest BCUT2D eigenvalue weighted by molar-refractivity contribution is 5.78. The predicted molar refractivity (Wildman–Crippen MR) is 70.1 cm³/mol. The van der Waals surface area contributed by atoms with Crippen LogP contribution in [0, 0.1) is 5.92 Å². The third kappa shape index (κ3) is 4.07. The van der Waals surface area contributed by atoms with E-state index >= 15 is 0 Å². The van der Waals surface area contributed by atoms with E-state index in [-0.39, 0.29) is 0 Å². The Hall–Kier alpha value is -0.410. The van der Waals surface area contributed by atoms with Crippen molar-refractivity contribution in [2.45, 2.75) is 39.0 Å². The Morgan fingerprint density at radius 1 is 0.941 bits per heavy atom. The van der Waals surface area contributed by atoms with Crippen LogP contribution in [-0.2, 0) is 4.79 Å². The first kappa shape index (κ1) is 13.0. The van der Waals surface area contributed by atoms with Gasteiger partial charge in [0.1, 0.15) is 5.78 Å². The number of carbonyl (C=O) groups excluding carboxylic acids is 1.